The van der Waals surface area contributed by atoms with E-state index in [1.54, 1.807) is 0 Å². The molecule has 8 rings (SSSR count). The Morgan fingerprint density at radius 3 is 1.91 bits per heavy atom. The van der Waals surface area contributed by atoms with E-state index in [1.807, 2.05) is 0 Å². The van der Waals surface area contributed by atoms with E-state index < -0.39 is 0 Å². The molecule has 6 aromatic carbocycles. The second-order valence-corrected chi connectivity index (χ2v) is 9.60. The van der Waals surface area contributed by atoms with E-state index in [2.05, 4.69) is 133 Å². The van der Waals surface area contributed by atoms with E-state index in [-0.39, 0.29) is 5.41 Å². The number of hydrogen-bond donors (Lipinski definition) is 0. The average Bonchev–Trinajstić information content (AvgIpc) is 3.40. The van der Waals surface area contributed by atoms with Gasteiger partial charge in [0.05, 0.1) is 5.41 Å². The highest BCUT2D eigenvalue weighted by atomic mass is 14.5. The Morgan fingerprint density at radius 1 is 0.486 bits per heavy atom. The first kappa shape index (κ1) is 18.9. The van der Waals surface area contributed by atoms with Crippen LogP contribution in [0.4, 0.5) is 0 Å². The van der Waals surface area contributed by atoms with Gasteiger partial charge in [-0.15, -0.1) is 0 Å². The fourth-order valence-electron chi connectivity index (χ4n) is 6.67. The van der Waals surface area contributed by atoms with Crippen molar-refractivity contribution in [2.75, 3.05) is 0 Å². The number of benzene rings is 6. The van der Waals surface area contributed by atoms with Crippen LogP contribution in [0.15, 0.2) is 127 Å². The number of rotatable bonds is 1. The Balaban J connectivity index is 1.59. The Hall–Kier alpha value is -4.42. The van der Waals surface area contributed by atoms with Crippen molar-refractivity contribution in [3.05, 3.63) is 156 Å². The molecule has 0 saturated heterocycles. The van der Waals surface area contributed by atoms with Crippen molar-refractivity contribution in [2.45, 2.75) is 5.41 Å². The summed E-state index contributed by atoms with van der Waals surface area (Å²) in [5.41, 5.74) is 13.1. The molecule has 0 nitrogen and oxygen atoms in total. The third-order valence-corrected chi connectivity index (χ3v) is 8.01. The molecule has 0 unspecified atom stereocenters. The van der Waals surface area contributed by atoms with E-state index in [9.17, 15) is 0 Å². The van der Waals surface area contributed by atoms with E-state index in [4.69, 9.17) is 0 Å². The lowest BCUT2D eigenvalue weighted by atomic mass is 9.69. The first-order valence-electron chi connectivity index (χ1n) is 12.2. The Bertz CT molecular complexity index is 1740. The average molecular weight is 442 g/mol. The summed E-state index contributed by atoms with van der Waals surface area (Å²) in [5.74, 6) is 0. The predicted octanol–water partition coefficient (Wildman–Crippen LogP) is 8.65. The quantitative estimate of drug-likeness (QED) is 0.239. The summed E-state index contributed by atoms with van der Waals surface area (Å²) in [4.78, 5) is 0. The molecule has 2 aliphatic rings. The van der Waals surface area contributed by atoms with Crippen molar-refractivity contribution in [3.63, 3.8) is 0 Å². The summed E-state index contributed by atoms with van der Waals surface area (Å²) in [6.45, 7) is 0. The van der Waals surface area contributed by atoms with Crippen molar-refractivity contribution < 1.29 is 0 Å². The molecule has 0 amide bonds. The molecule has 35 heavy (non-hydrogen) atoms. The molecule has 0 N–H and O–H groups in total. The summed E-state index contributed by atoms with van der Waals surface area (Å²) in [6, 6.07) is 50.1. The highest BCUT2D eigenvalue weighted by Gasteiger charge is 2.52. The summed E-state index contributed by atoms with van der Waals surface area (Å²) in [7, 11) is 0. The van der Waals surface area contributed by atoms with Gasteiger partial charge in [-0.1, -0.05) is 115 Å². The second kappa shape index (κ2) is 6.81. The van der Waals surface area contributed by atoms with Gasteiger partial charge in [-0.05, 0) is 84.6 Å². The maximum absolute atomic E-state index is 3.30. The van der Waals surface area contributed by atoms with Crippen LogP contribution >= 0.6 is 0 Å². The van der Waals surface area contributed by atoms with Gasteiger partial charge in [0, 0.05) is 0 Å². The lowest BCUT2D eigenvalue weighted by Crippen LogP contribution is -2.26. The minimum atomic E-state index is -0.344. The molecular formula is C35H21. The van der Waals surface area contributed by atoms with Crippen molar-refractivity contribution in [2.24, 2.45) is 0 Å². The molecule has 0 aliphatic heterocycles. The summed E-state index contributed by atoms with van der Waals surface area (Å²) in [5, 5.41) is 2.55. The zero-order chi connectivity index (χ0) is 23.0. The smallest absolute Gasteiger partial charge is 0.0622 e. The topological polar surface area (TPSA) is 0 Å². The summed E-state index contributed by atoms with van der Waals surface area (Å²) in [6.07, 6.45) is 0. The van der Waals surface area contributed by atoms with Crippen LogP contribution in [-0.2, 0) is 5.41 Å². The Kier molecular flexibility index (Phi) is 3.68. The molecule has 1 radical (unpaired) electrons. The fourth-order valence-corrected chi connectivity index (χ4v) is 6.67. The van der Waals surface area contributed by atoms with Crippen LogP contribution in [-0.4, -0.2) is 0 Å². The van der Waals surface area contributed by atoms with E-state index in [0.29, 0.717) is 0 Å². The van der Waals surface area contributed by atoms with Crippen LogP contribution in [0.1, 0.15) is 22.3 Å². The third kappa shape index (κ3) is 2.32. The van der Waals surface area contributed by atoms with Gasteiger partial charge in [-0.2, -0.15) is 0 Å². The Labute approximate surface area is 205 Å². The van der Waals surface area contributed by atoms with E-state index in [1.165, 1.54) is 66.4 Å². The first-order valence-corrected chi connectivity index (χ1v) is 12.2. The zero-order valence-electron chi connectivity index (χ0n) is 19.1. The predicted molar refractivity (Wildman–Crippen MR) is 145 cm³/mol. The monoisotopic (exact) mass is 441 g/mol. The van der Waals surface area contributed by atoms with Crippen LogP contribution in [0.5, 0.6) is 0 Å². The van der Waals surface area contributed by atoms with Crippen LogP contribution in [0.25, 0.3) is 44.2 Å². The van der Waals surface area contributed by atoms with E-state index in [0.717, 1.165) is 0 Å². The Morgan fingerprint density at radius 2 is 1.14 bits per heavy atom. The zero-order valence-corrected chi connectivity index (χ0v) is 19.1. The van der Waals surface area contributed by atoms with Crippen molar-refractivity contribution in [3.8, 4) is 33.4 Å². The standard InChI is InChI=1S/C35H21/c1-2-10-23(11-3-1)25-19-20-29-30-21-18-24-12-4-5-13-26(24)34(30)35(33(29)22-25)31-16-8-6-14-27(31)28-15-7-9-17-32(28)35/h1-3,5-22H. The van der Waals surface area contributed by atoms with Gasteiger partial charge in [-0.25, -0.2) is 0 Å². The molecule has 161 valence electrons. The van der Waals surface area contributed by atoms with Crippen molar-refractivity contribution in [1.82, 2.24) is 0 Å². The SMILES string of the molecule is [c]1ccc2c3c(ccc2c1)-c1ccc(-c2ccccc2)cc1C31c2ccccc2-c2ccccc21. The molecule has 2 aliphatic carbocycles. The maximum atomic E-state index is 3.30. The highest BCUT2D eigenvalue weighted by molar-refractivity contribution is 6.04. The van der Waals surface area contributed by atoms with Gasteiger partial charge < -0.3 is 0 Å². The van der Waals surface area contributed by atoms with Crippen LogP contribution in [0.2, 0.25) is 0 Å². The van der Waals surface area contributed by atoms with Crippen molar-refractivity contribution >= 4 is 10.8 Å². The van der Waals surface area contributed by atoms with Gasteiger partial charge in [0.25, 0.3) is 0 Å². The highest BCUT2D eigenvalue weighted by Crippen LogP contribution is 2.64. The molecule has 0 atom stereocenters. The molecule has 0 aromatic heterocycles. The maximum Gasteiger partial charge on any atom is 0.0731 e. The van der Waals surface area contributed by atoms with Gasteiger partial charge in [-0.3, -0.25) is 0 Å². The minimum Gasteiger partial charge on any atom is -0.0622 e. The molecule has 0 heteroatoms. The fraction of sp³-hybridized carbons (Fsp3) is 0.0286. The lowest BCUT2D eigenvalue weighted by molar-refractivity contribution is 0.801. The molecule has 0 bridgehead atoms. The molecule has 0 heterocycles. The van der Waals surface area contributed by atoms with Gasteiger partial charge in [0.2, 0.25) is 0 Å². The normalized spacial score (nSPS) is 13.9. The third-order valence-electron chi connectivity index (χ3n) is 8.01. The van der Waals surface area contributed by atoms with Gasteiger partial charge in [0.15, 0.2) is 0 Å². The molecule has 1 spiro atoms. The van der Waals surface area contributed by atoms with Crippen molar-refractivity contribution in [1.29, 1.82) is 0 Å². The minimum absolute atomic E-state index is 0.344. The van der Waals surface area contributed by atoms with E-state index >= 15 is 0 Å². The van der Waals surface area contributed by atoms with Gasteiger partial charge in [0.1, 0.15) is 0 Å². The second-order valence-electron chi connectivity index (χ2n) is 9.60. The largest absolute Gasteiger partial charge is 0.0731 e. The number of fused-ring (bicyclic) bond motifs is 12. The summed E-state index contributed by atoms with van der Waals surface area (Å²) < 4.78 is 0. The van der Waals surface area contributed by atoms with Crippen LogP contribution < -0.4 is 0 Å². The lowest BCUT2D eigenvalue weighted by Gasteiger charge is -2.31. The van der Waals surface area contributed by atoms with Crippen LogP contribution in [0, 0.1) is 6.07 Å². The first-order chi connectivity index (χ1) is 17.4. The summed E-state index contributed by atoms with van der Waals surface area (Å²) >= 11 is 0. The molecule has 6 aromatic rings. The number of hydrogen-bond acceptors (Lipinski definition) is 0. The molecule has 0 saturated carbocycles. The van der Waals surface area contributed by atoms with Gasteiger partial charge >= 0.3 is 0 Å². The molecular weight excluding hydrogens is 420 g/mol. The molecule has 0 fully saturated rings. The van der Waals surface area contributed by atoms with Crippen LogP contribution in [0.3, 0.4) is 0 Å².